The number of aromatic nitrogens is 4. The third-order valence-electron chi connectivity index (χ3n) is 7.16. The first-order valence-corrected chi connectivity index (χ1v) is 13.2. The number of ether oxygens (including phenoxy) is 2. The molecule has 1 aliphatic heterocycles. The molecule has 1 unspecified atom stereocenters. The van der Waals surface area contributed by atoms with Gasteiger partial charge in [0.05, 0.1) is 34.3 Å². The Morgan fingerprint density at radius 3 is 2.24 bits per heavy atom. The van der Waals surface area contributed by atoms with Gasteiger partial charge >= 0.3 is 5.97 Å². The zero-order chi connectivity index (χ0) is 29.7. The molecule has 0 spiro atoms. The van der Waals surface area contributed by atoms with Crippen LogP contribution in [0.25, 0.3) is 22.3 Å². The van der Waals surface area contributed by atoms with Crippen molar-refractivity contribution < 1.29 is 18.7 Å². The summed E-state index contributed by atoms with van der Waals surface area (Å²) in [7, 11) is 0. The van der Waals surface area contributed by atoms with Crippen LogP contribution in [0.15, 0.2) is 88.0 Å². The summed E-state index contributed by atoms with van der Waals surface area (Å²) in [5, 5.41) is 5.03. The minimum atomic E-state index is -1.23. The molecule has 1 aliphatic rings. The first-order valence-electron chi connectivity index (χ1n) is 13.2. The van der Waals surface area contributed by atoms with Gasteiger partial charge in [0.25, 0.3) is 11.1 Å². The molecule has 0 saturated carbocycles. The van der Waals surface area contributed by atoms with Gasteiger partial charge in [-0.1, -0.05) is 29.8 Å². The molecule has 5 aromatic rings. The van der Waals surface area contributed by atoms with Crippen LogP contribution >= 0.6 is 0 Å². The molecule has 3 heterocycles. The van der Waals surface area contributed by atoms with Crippen LogP contribution in [0.1, 0.15) is 29.8 Å². The molecule has 1 atom stereocenters. The van der Waals surface area contributed by atoms with Crippen LogP contribution in [-0.2, 0) is 9.53 Å². The van der Waals surface area contributed by atoms with Crippen molar-refractivity contribution in [3.8, 4) is 17.3 Å². The lowest BCUT2D eigenvalue weighted by molar-refractivity contribution is -0.138. The van der Waals surface area contributed by atoms with E-state index in [-0.39, 0.29) is 40.4 Å². The number of rotatable bonds is 6. The number of halogens is 1. The van der Waals surface area contributed by atoms with E-state index in [4.69, 9.17) is 20.3 Å². The lowest BCUT2D eigenvalue weighted by Crippen LogP contribution is -2.38. The summed E-state index contributed by atoms with van der Waals surface area (Å²) >= 11 is 0. The van der Waals surface area contributed by atoms with Crippen molar-refractivity contribution in [1.29, 1.82) is 0 Å². The molecule has 42 heavy (non-hydrogen) atoms. The second-order valence-electron chi connectivity index (χ2n) is 9.84. The van der Waals surface area contributed by atoms with E-state index in [1.807, 2.05) is 31.2 Å². The fourth-order valence-corrected chi connectivity index (χ4v) is 5.21. The van der Waals surface area contributed by atoms with Crippen LogP contribution in [0, 0.1) is 19.7 Å². The Balaban J connectivity index is 1.69. The van der Waals surface area contributed by atoms with E-state index in [2.05, 4.69) is 0 Å². The zero-order valence-corrected chi connectivity index (χ0v) is 23.0. The van der Waals surface area contributed by atoms with Gasteiger partial charge in [-0.3, -0.25) is 9.59 Å². The number of hydrogen-bond donors (Lipinski definition) is 1. The van der Waals surface area contributed by atoms with Crippen molar-refractivity contribution in [3.05, 3.63) is 122 Å². The van der Waals surface area contributed by atoms with Crippen molar-refractivity contribution in [1.82, 2.24) is 19.1 Å². The summed E-state index contributed by atoms with van der Waals surface area (Å²) in [6, 6.07) is 18.0. The molecule has 0 amide bonds. The van der Waals surface area contributed by atoms with Gasteiger partial charge in [0.2, 0.25) is 5.88 Å². The monoisotopic (exact) mass is 567 g/mol. The number of aryl methyl sites for hydroxylation is 2. The molecule has 6 rings (SSSR count). The van der Waals surface area contributed by atoms with E-state index < -0.39 is 28.9 Å². The Bertz CT molecular complexity index is 2020. The van der Waals surface area contributed by atoms with Gasteiger partial charge in [0.1, 0.15) is 29.0 Å². The van der Waals surface area contributed by atoms with Crippen LogP contribution in [-0.4, -0.2) is 31.7 Å². The Hall–Kier alpha value is -5.45. The summed E-state index contributed by atoms with van der Waals surface area (Å²) in [6.45, 7) is 5.32. The minimum absolute atomic E-state index is 0.0327. The maximum atomic E-state index is 14.0. The molecular formula is C31H26FN5O5. The summed E-state index contributed by atoms with van der Waals surface area (Å²) in [6.07, 6.45) is 0. The van der Waals surface area contributed by atoms with Crippen LogP contribution in [0.5, 0.6) is 11.6 Å². The highest BCUT2D eigenvalue weighted by molar-refractivity contribution is 5.97. The summed E-state index contributed by atoms with van der Waals surface area (Å²) in [4.78, 5) is 41.2. The number of benzene rings is 3. The summed E-state index contributed by atoms with van der Waals surface area (Å²) < 4.78 is 29.1. The Labute approximate surface area is 238 Å². The largest absolute Gasteiger partial charge is 0.462 e. The fourth-order valence-electron chi connectivity index (χ4n) is 5.21. The molecule has 212 valence electrons. The molecule has 0 bridgehead atoms. The van der Waals surface area contributed by atoms with Gasteiger partial charge in [-0.2, -0.15) is 9.78 Å². The molecule has 0 radical (unpaired) electrons. The van der Waals surface area contributed by atoms with Crippen molar-refractivity contribution in [2.45, 2.75) is 26.8 Å². The van der Waals surface area contributed by atoms with E-state index in [0.29, 0.717) is 16.9 Å². The predicted molar refractivity (Wildman–Crippen MR) is 154 cm³/mol. The first kappa shape index (κ1) is 26.8. The van der Waals surface area contributed by atoms with E-state index in [0.717, 1.165) is 14.9 Å². The Morgan fingerprint density at radius 1 is 0.952 bits per heavy atom. The first-order chi connectivity index (χ1) is 20.2. The molecule has 2 aromatic heterocycles. The normalized spacial score (nSPS) is 14.3. The summed E-state index contributed by atoms with van der Waals surface area (Å²) in [5.41, 5.74) is 7.60. The van der Waals surface area contributed by atoms with Crippen molar-refractivity contribution in [2.24, 2.45) is 5.73 Å². The second-order valence-corrected chi connectivity index (χ2v) is 9.84. The van der Waals surface area contributed by atoms with E-state index in [1.54, 1.807) is 32.0 Å². The molecule has 3 aromatic carbocycles. The number of carbonyl (C=O) groups is 1. The number of carbonyl (C=O) groups excluding carboxylic acids is 1. The number of nitrogens with zero attached hydrogens (tertiary/aromatic N) is 4. The van der Waals surface area contributed by atoms with E-state index in [9.17, 15) is 18.8 Å². The number of fused-ring (bicyclic) bond motifs is 2. The minimum Gasteiger partial charge on any atom is -0.462 e. The highest BCUT2D eigenvalue weighted by Gasteiger charge is 2.43. The van der Waals surface area contributed by atoms with Gasteiger partial charge in [-0.05, 0) is 69.3 Å². The number of hydrogen-bond acceptors (Lipinski definition) is 7. The third-order valence-corrected chi connectivity index (χ3v) is 7.16. The van der Waals surface area contributed by atoms with Crippen molar-refractivity contribution >= 4 is 22.6 Å². The predicted octanol–water partition coefficient (Wildman–Crippen LogP) is 4.19. The molecule has 0 aliphatic carbocycles. The molecular weight excluding hydrogens is 541 g/mol. The van der Waals surface area contributed by atoms with Crippen molar-refractivity contribution in [2.75, 3.05) is 6.61 Å². The number of esters is 1. The number of nitrogens with two attached hydrogens (primary N) is 1. The topological polar surface area (TPSA) is 123 Å². The fraction of sp³-hybridized carbons (Fsp3) is 0.161. The van der Waals surface area contributed by atoms with Gasteiger partial charge in [-0.15, -0.1) is 0 Å². The average molecular weight is 568 g/mol. The maximum absolute atomic E-state index is 14.0. The van der Waals surface area contributed by atoms with Gasteiger partial charge in [0.15, 0.2) is 0 Å². The molecule has 0 fully saturated rings. The second kappa shape index (κ2) is 10.2. The SMILES string of the molecule is CCOC(=O)C1=C(N)n2c(=O)c3ccccc3c(=O)n2C1c1c(C)nn(-c2ccc(C)cc2)c1Oc1ccc(F)cc1. The Kier molecular flexibility index (Phi) is 6.49. The highest BCUT2D eigenvalue weighted by Crippen LogP contribution is 2.42. The van der Waals surface area contributed by atoms with Crippen LogP contribution in [0.4, 0.5) is 4.39 Å². The average Bonchev–Trinajstić information content (AvgIpc) is 3.46. The van der Waals surface area contributed by atoms with Gasteiger partial charge < -0.3 is 15.2 Å². The molecule has 11 heteroatoms. The van der Waals surface area contributed by atoms with Crippen LogP contribution in [0.3, 0.4) is 0 Å². The third kappa shape index (κ3) is 4.17. The highest BCUT2D eigenvalue weighted by atomic mass is 19.1. The maximum Gasteiger partial charge on any atom is 0.340 e. The van der Waals surface area contributed by atoms with Crippen LogP contribution < -0.4 is 21.6 Å². The zero-order valence-electron chi connectivity index (χ0n) is 23.0. The van der Waals surface area contributed by atoms with E-state index >= 15 is 0 Å². The molecule has 2 N–H and O–H groups in total. The Morgan fingerprint density at radius 2 is 1.60 bits per heavy atom. The standard InChI is InChI=1S/C31H26FN5O5/c1-4-41-31(40)25-26(36-28(38)22-7-5-6-8-23(22)29(39)37(36)27(25)33)24-18(3)34-35(20-13-9-17(2)10-14-20)30(24)42-21-15-11-19(32)12-16-21/h5-16,26H,4,33H2,1-3H3. The quantitative estimate of drug-likeness (QED) is 0.305. The van der Waals surface area contributed by atoms with Crippen LogP contribution in [0.2, 0.25) is 0 Å². The molecule has 10 nitrogen and oxygen atoms in total. The smallest absolute Gasteiger partial charge is 0.340 e. The lowest BCUT2D eigenvalue weighted by atomic mass is 9.99. The van der Waals surface area contributed by atoms with E-state index in [1.165, 1.54) is 35.0 Å². The van der Waals surface area contributed by atoms with Gasteiger partial charge in [-0.25, -0.2) is 18.5 Å². The van der Waals surface area contributed by atoms with Gasteiger partial charge in [0, 0.05) is 0 Å². The van der Waals surface area contributed by atoms with Crippen molar-refractivity contribution in [3.63, 3.8) is 0 Å². The molecule has 0 saturated heterocycles. The lowest BCUT2D eigenvalue weighted by Gasteiger charge is -2.19. The summed E-state index contributed by atoms with van der Waals surface area (Å²) in [5.74, 6) is -1.06.